The van der Waals surface area contributed by atoms with Crippen molar-refractivity contribution in [3.05, 3.63) is 35.8 Å². The van der Waals surface area contributed by atoms with Crippen LogP contribution in [-0.2, 0) is 6.42 Å². The zero-order chi connectivity index (χ0) is 12.4. The minimum Gasteiger partial charge on any atom is -0.449 e. The molecule has 17 heavy (non-hydrogen) atoms. The van der Waals surface area contributed by atoms with Gasteiger partial charge < -0.3 is 10.2 Å². The second kappa shape index (κ2) is 4.71. The average molecular weight is 234 g/mol. The first-order valence-corrected chi connectivity index (χ1v) is 5.78. The molecule has 0 aromatic carbocycles. The van der Waals surface area contributed by atoms with Gasteiger partial charge in [-0.1, -0.05) is 0 Å². The molecule has 0 bridgehead atoms. The minimum absolute atomic E-state index is 0.164. The summed E-state index contributed by atoms with van der Waals surface area (Å²) >= 11 is 0. The van der Waals surface area contributed by atoms with Gasteiger partial charge in [-0.2, -0.15) is 5.10 Å². The standard InChI is InChI=1S/C12H18N4O/c1-8(2)16-5-4-10(15-16)6-11(13)12-7-17-9(3)14-12/h4-5,7-8,11H,6,13H2,1-3H3. The van der Waals surface area contributed by atoms with Gasteiger partial charge in [-0.3, -0.25) is 4.68 Å². The molecular formula is C12H18N4O. The largest absolute Gasteiger partial charge is 0.449 e. The number of hydrogen-bond donors (Lipinski definition) is 1. The molecule has 92 valence electrons. The van der Waals surface area contributed by atoms with Gasteiger partial charge >= 0.3 is 0 Å². The maximum atomic E-state index is 6.05. The monoisotopic (exact) mass is 234 g/mol. The van der Waals surface area contributed by atoms with Crippen molar-refractivity contribution in [2.45, 2.75) is 39.3 Å². The van der Waals surface area contributed by atoms with Crippen molar-refractivity contribution in [1.29, 1.82) is 0 Å². The van der Waals surface area contributed by atoms with Gasteiger partial charge in [0.2, 0.25) is 0 Å². The van der Waals surface area contributed by atoms with Crippen molar-refractivity contribution < 1.29 is 4.42 Å². The molecule has 2 aromatic rings. The first-order chi connectivity index (χ1) is 8.06. The molecule has 0 radical (unpaired) electrons. The van der Waals surface area contributed by atoms with Crippen molar-refractivity contribution in [3.63, 3.8) is 0 Å². The maximum Gasteiger partial charge on any atom is 0.191 e. The highest BCUT2D eigenvalue weighted by Crippen LogP contribution is 2.15. The van der Waals surface area contributed by atoms with Gasteiger partial charge in [-0.25, -0.2) is 4.98 Å². The predicted octanol–water partition coefficient (Wildman–Crippen LogP) is 2.00. The Morgan fingerprint density at radius 1 is 1.47 bits per heavy atom. The number of hydrogen-bond acceptors (Lipinski definition) is 4. The first-order valence-electron chi connectivity index (χ1n) is 5.78. The molecular weight excluding hydrogens is 216 g/mol. The average Bonchev–Trinajstić information content (AvgIpc) is 2.86. The fraction of sp³-hybridized carbons (Fsp3) is 0.500. The van der Waals surface area contributed by atoms with E-state index in [-0.39, 0.29) is 6.04 Å². The van der Waals surface area contributed by atoms with E-state index in [9.17, 15) is 0 Å². The minimum atomic E-state index is -0.164. The van der Waals surface area contributed by atoms with Gasteiger partial charge in [0.1, 0.15) is 6.26 Å². The Morgan fingerprint density at radius 3 is 2.76 bits per heavy atom. The number of aryl methyl sites for hydroxylation is 1. The van der Waals surface area contributed by atoms with E-state index in [1.165, 1.54) is 0 Å². The number of rotatable bonds is 4. The number of oxazole rings is 1. The molecule has 0 aliphatic carbocycles. The van der Waals surface area contributed by atoms with E-state index in [0.29, 0.717) is 18.4 Å². The molecule has 0 amide bonds. The Kier molecular flexibility index (Phi) is 3.28. The Hall–Kier alpha value is -1.62. The van der Waals surface area contributed by atoms with E-state index in [4.69, 9.17) is 10.2 Å². The summed E-state index contributed by atoms with van der Waals surface area (Å²) in [7, 11) is 0. The molecule has 1 unspecified atom stereocenters. The van der Waals surface area contributed by atoms with Crippen LogP contribution in [0.4, 0.5) is 0 Å². The Morgan fingerprint density at radius 2 is 2.24 bits per heavy atom. The summed E-state index contributed by atoms with van der Waals surface area (Å²) in [5.74, 6) is 0.642. The van der Waals surface area contributed by atoms with Crippen LogP contribution in [0.1, 0.15) is 43.2 Å². The van der Waals surface area contributed by atoms with E-state index < -0.39 is 0 Å². The van der Waals surface area contributed by atoms with Crippen LogP contribution in [0.5, 0.6) is 0 Å². The van der Waals surface area contributed by atoms with Crippen LogP contribution < -0.4 is 5.73 Å². The van der Waals surface area contributed by atoms with Crippen molar-refractivity contribution in [3.8, 4) is 0 Å². The second-order valence-electron chi connectivity index (χ2n) is 4.48. The Bertz CT molecular complexity index is 486. The molecule has 1 atom stereocenters. The summed E-state index contributed by atoms with van der Waals surface area (Å²) in [4.78, 5) is 4.22. The van der Waals surface area contributed by atoms with Gasteiger partial charge in [0.25, 0.3) is 0 Å². The summed E-state index contributed by atoms with van der Waals surface area (Å²) in [6, 6.07) is 2.20. The van der Waals surface area contributed by atoms with Gasteiger partial charge in [0, 0.05) is 25.6 Å². The summed E-state index contributed by atoms with van der Waals surface area (Å²) in [5, 5.41) is 4.46. The SMILES string of the molecule is Cc1nc(C(N)Cc2ccn(C(C)C)n2)co1. The lowest BCUT2D eigenvalue weighted by Gasteiger charge is -2.06. The van der Waals surface area contributed by atoms with Crippen molar-refractivity contribution in [1.82, 2.24) is 14.8 Å². The quantitative estimate of drug-likeness (QED) is 0.878. The summed E-state index contributed by atoms with van der Waals surface area (Å²) in [6.07, 6.45) is 4.26. The molecule has 2 N–H and O–H groups in total. The van der Waals surface area contributed by atoms with Crippen LogP contribution in [0.15, 0.2) is 22.9 Å². The lowest BCUT2D eigenvalue weighted by atomic mass is 10.1. The zero-order valence-electron chi connectivity index (χ0n) is 10.4. The molecule has 0 saturated carbocycles. The Labute approximate surface area is 101 Å². The van der Waals surface area contributed by atoms with E-state index in [2.05, 4.69) is 23.9 Å². The third-order valence-electron chi connectivity index (χ3n) is 2.64. The van der Waals surface area contributed by atoms with Gasteiger partial charge in [-0.15, -0.1) is 0 Å². The third kappa shape index (κ3) is 2.74. The molecule has 2 rings (SSSR count). The molecule has 0 aliphatic rings. The van der Waals surface area contributed by atoms with E-state index in [1.807, 2.05) is 23.9 Å². The fourth-order valence-corrected chi connectivity index (χ4v) is 1.65. The molecule has 0 spiro atoms. The Balaban J connectivity index is 2.05. The van der Waals surface area contributed by atoms with Crippen LogP contribution in [0.3, 0.4) is 0 Å². The van der Waals surface area contributed by atoms with E-state index in [0.717, 1.165) is 11.4 Å². The lowest BCUT2D eigenvalue weighted by molar-refractivity contribution is 0.516. The molecule has 0 aliphatic heterocycles. The van der Waals surface area contributed by atoms with Crippen LogP contribution in [0.2, 0.25) is 0 Å². The highest BCUT2D eigenvalue weighted by molar-refractivity contribution is 5.09. The van der Waals surface area contributed by atoms with Crippen LogP contribution in [-0.4, -0.2) is 14.8 Å². The van der Waals surface area contributed by atoms with Gasteiger partial charge in [-0.05, 0) is 19.9 Å². The topological polar surface area (TPSA) is 69.9 Å². The van der Waals surface area contributed by atoms with Crippen molar-refractivity contribution in [2.75, 3.05) is 0 Å². The van der Waals surface area contributed by atoms with Gasteiger partial charge in [0.05, 0.1) is 17.4 Å². The lowest BCUT2D eigenvalue weighted by Crippen LogP contribution is -2.14. The summed E-state index contributed by atoms with van der Waals surface area (Å²) in [6.45, 7) is 6.00. The third-order valence-corrected chi connectivity index (χ3v) is 2.64. The molecule has 5 nitrogen and oxygen atoms in total. The molecule has 2 heterocycles. The number of nitrogens with zero attached hydrogens (tertiary/aromatic N) is 3. The number of nitrogens with two attached hydrogens (primary N) is 1. The molecule has 2 aromatic heterocycles. The fourth-order valence-electron chi connectivity index (χ4n) is 1.65. The summed E-state index contributed by atoms with van der Waals surface area (Å²) in [5.41, 5.74) is 7.81. The maximum absolute atomic E-state index is 6.05. The molecule has 0 fully saturated rings. The van der Waals surface area contributed by atoms with Crippen LogP contribution in [0.25, 0.3) is 0 Å². The smallest absolute Gasteiger partial charge is 0.191 e. The van der Waals surface area contributed by atoms with Crippen LogP contribution in [0, 0.1) is 6.92 Å². The zero-order valence-corrected chi connectivity index (χ0v) is 10.4. The second-order valence-corrected chi connectivity index (χ2v) is 4.48. The number of aromatic nitrogens is 3. The molecule has 5 heteroatoms. The van der Waals surface area contributed by atoms with Crippen LogP contribution >= 0.6 is 0 Å². The normalized spacial score (nSPS) is 13.2. The van der Waals surface area contributed by atoms with E-state index >= 15 is 0 Å². The van der Waals surface area contributed by atoms with Crippen molar-refractivity contribution >= 4 is 0 Å². The van der Waals surface area contributed by atoms with E-state index in [1.54, 1.807) is 6.26 Å². The first kappa shape index (κ1) is 11.9. The summed E-state index contributed by atoms with van der Waals surface area (Å²) < 4.78 is 7.08. The van der Waals surface area contributed by atoms with Crippen molar-refractivity contribution in [2.24, 2.45) is 5.73 Å². The molecule has 0 saturated heterocycles. The highest BCUT2D eigenvalue weighted by atomic mass is 16.3. The predicted molar refractivity (Wildman–Crippen MR) is 64.5 cm³/mol. The van der Waals surface area contributed by atoms with Gasteiger partial charge in [0.15, 0.2) is 5.89 Å². The highest BCUT2D eigenvalue weighted by Gasteiger charge is 2.13.